The van der Waals surface area contributed by atoms with Gasteiger partial charge in [-0.1, -0.05) is 33.5 Å². The summed E-state index contributed by atoms with van der Waals surface area (Å²) in [6.45, 7) is -0.466. The summed E-state index contributed by atoms with van der Waals surface area (Å²) in [5.41, 5.74) is -3.05. The molecule has 0 aliphatic carbocycles. The van der Waals surface area contributed by atoms with Crippen molar-refractivity contribution in [1.29, 1.82) is 0 Å². The number of alkyl halides is 3. The van der Waals surface area contributed by atoms with Crippen LogP contribution in [0.25, 0.3) is 0 Å². The Bertz CT molecular complexity index is 557. The van der Waals surface area contributed by atoms with Crippen molar-refractivity contribution in [3.8, 4) is 0 Å². The van der Waals surface area contributed by atoms with Crippen molar-refractivity contribution in [1.82, 2.24) is 0 Å². The third kappa shape index (κ3) is 2.60. The molecule has 0 radical (unpaired) electrons. The highest BCUT2D eigenvalue weighted by molar-refractivity contribution is 6.34. The summed E-state index contributed by atoms with van der Waals surface area (Å²) < 4.78 is 40.2. The lowest BCUT2D eigenvalue weighted by Gasteiger charge is -2.29. The Labute approximate surface area is 121 Å². The predicted octanol–water partition coefficient (Wildman–Crippen LogP) is 4.29. The molecule has 1 aliphatic rings. The molecule has 1 aromatic carbocycles. The highest BCUT2D eigenvalue weighted by Gasteiger charge is 2.62. The second kappa shape index (κ2) is 5.21. The molecule has 1 aromatic rings. The van der Waals surface area contributed by atoms with Gasteiger partial charge >= 0.3 is 6.18 Å². The highest BCUT2D eigenvalue weighted by Crippen LogP contribution is 2.49. The topological polar surface area (TPSA) is 51.0 Å². The molecule has 1 atom stereocenters. The van der Waals surface area contributed by atoms with Crippen LogP contribution in [0.4, 0.5) is 13.2 Å². The van der Waals surface area contributed by atoms with E-state index in [2.05, 4.69) is 15.2 Å². The van der Waals surface area contributed by atoms with Gasteiger partial charge in [0, 0.05) is 22.0 Å². The highest BCUT2D eigenvalue weighted by atomic mass is 35.5. The van der Waals surface area contributed by atoms with Gasteiger partial charge in [-0.3, -0.25) is 0 Å². The number of hydrogen-bond acceptors (Lipinski definition) is 4. The van der Waals surface area contributed by atoms with Crippen LogP contribution in [0, 0.1) is 4.91 Å². The molecule has 0 fully saturated rings. The number of benzene rings is 1. The first kappa shape index (κ1) is 15.1. The van der Waals surface area contributed by atoms with Gasteiger partial charge in [0.2, 0.25) is 0 Å². The van der Waals surface area contributed by atoms with Crippen molar-refractivity contribution < 1.29 is 18.0 Å². The van der Waals surface area contributed by atoms with Gasteiger partial charge < -0.3 is 4.84 Å². The van der Waals surface area contributed by atoms with Gasteiger partial charge in [-0.25, -0.2) is 0 Å². The van der Waals surface area contributed by atoms with E-state index in [9.17, 15) is 18.1 Å². The lowest BCUT2D eigenvalue weighted by molar-refractivity contribution is -0.275. The number of oxime groups is 1. The van der Waals surface area contributed by atoms with Crippen molar-refractivity contribution in [3.05, 3.63) is 38.7 Å². The molecule has 0 aromatic heterocycles. The van der Waals surface area contributed by atoms with Crippen molar-refractivity contribution >= 4 is 28.9 Å². The molecule has 0 spiro atoms. The molecule has 108 valence electrons. The third-order valence-electron chi connectivity index (χ3n) is 2.82. The zero-order chi connectivity index (χ0) is 15.0. The molecule has 0 saturated heterocycles. The molecule has 0 amide bonds. The van der Waals surface area contributed by atoms with Gasteiger partial charge in [0.05, 0.1) is 5.71 Å². The number of nitrogens with zero attached hydrogens (tertiary/aromatic N) is 2. The fourth-order valence-corrected chi connectivity index (χ4v) is 2.44. The van der Waals surface area contributed by atoms with Crippen LogP contribution in [0.3, 0.4) is 0 Å². The summed E-state index contributed by atoms with van der Waals surface area (Å²) in [6, 6.07) is 3.52. The van der Waals surface area contributed by atoms with E-state index in [1.165, 1.54) is 6.07 Å². The standard InChI is InChI=1S/C11H7Cl2F3N2O2/c12-7-1-6(2-8(13)3-7)10(11(14,15)16)4-9(5-17-19)18-20-10/h1-3H,4-5H2. The lowest BCUT2D eigenvalue weighted by Crippen LogP contribution is -2.42. The van der Waals surface area contributed by atoms with Crippen molar-refractivity contribution in [3.63, 3.8) is 0 Å². The van der Waals surface area contributed by atoms with Crippen LogP contribution >= 0.6 is 23.2 Å². The molecular formula is C11H7Cl2F3N2O2. The number of hydrogen-bond donors (Lipinski definition) is 0. The van der Waals surface area contributed by atoms with Crippen molar-refractivity contribution in [2.24, 2.45) is 10.3 Å². The fourth-order valence-electron chi connectivity index (χ4n) is 1.91. The minimum atomic E-state index is -4.75. The Morgan fingerprint density at radius 3 is 2.40 bits per heavy atom. The second-order valence-electron chi connectivity index (χ2n) is 4.20. The van der Waals surface area contributed by atoms with E-state index in [1.807, 2.05) is 0 Å². The molecule has 1 heterocycles. The van der Waals surface area contributed by atoms with E-state index in [0.717, 1.165) is 12.1 Å². The molecule has 0 saturated carbocycles. The van der Waals surface area contributed by atoms with Gasteiger partial charge in [-0.05, 0) is 18.2 Å². The zero-order valence-corrected chi connectivity index (χ0v) is 11.3. The minimum absolute atomic E-state index is 0.0432. The monoisotopic (exact) mass is 326 g/mol. The van der Waals surface area contributed by atoms with E-state index in [4.69, 9.17) is 23.2 Å². The maximum absolute atomic E-state index is 13.4. The van der Waals surface area contributed by atoms with Gasteiger partial charge in [-0.15, -0.1) is 0 Å². The Balaban J connectivity index is 2.48. The number of rotatable bonds is 3. The Morgan fingerprint density at radius 1 is 1.30 bits per heavy atom. The van der Waals surface area contributed by atoms with E-state index in [0.29, 0.717) is 0 Å². The van der Waals surface area contributed by atoms with Gasteiger partial charge in [-0.2, -0.15) is 18.1 Å². The average molecular weight is 327 g/mol. The average Bonchev–Trinajstić information content (AvgIpc) is 2.73. The summed E-state index contributed by atoms with van der Waals surface area (Å²) >= 11 is 11.4. The SMILES string of the molecule is O=NCC1=NOC(c2cc(Cl)cc(Cl)c2)(C(F)(F)F)C1. The molecule has 0 N–H and O–H groups in total. The summed E-state index contributed by atoms with van der Waals surface area (Å²) in [6.07, 6.45) is -5.38. The zero-order valence-electron chi connectivity index (χ0n) is 9.75. The van der Waals surface area contributed by atoms with Crippen LogP contribution in [-0.4, -0.2) is 18.4 Å². The van der Waals surface area contributed by atoms with Gasteiger partial charge in [0.1, 0.15) is 6.54 Å². The number of halogens is 5. The van der Waals surface area contributed by atoms with E-state index >= 15 is 0 Å². The van der Waals surface area contributed by atoms with Crippen LogP contribution < -0.4 is 0 Å². The Kier molecular flexibility index (Phi) is 3.93. The first-order valence-electron chi connectivity index (χ1n) is 5.35. The lowest BCUT2D eigenvalue weighted by atomic mass is 9.88. The molecule has 20 heavy (non-hydrogen) atoms. The van der Waals surface area contributed by atoms with Crippen LogP contribution in [0.1, 0.15) is 12.0 Å². The molecule has 4 nitrogen and oxygen atoms in total. The van der Waals surface area contributed by atoms with Crippen LogP contribution in [0.2, 0.25) is 10.0 Å². The van der Waals surface area contributed by atoms with E-state index in [-0.39, 0.29) is 21.3 Å². The molecule has 2 rings (SSSR count). The molecule has 1 unspecified atom stereocenters. The summed E-state index contributed by atoms with van der Waals surface area (Å²) in [5, 5.41) is 5.90. The smallest absolute Gasteiger partial charge is 0.374 e. The minimum Gasteiger partial charge on any atom is -0.374 e. The molecule has 1 aliphatic heterocycles. The first-order valence-corrected chi connectivity index (χ1v) is 6.10. The Hall–Kier alpha value is -1.34. The summed E-state index contributed by atoms with van der Waals surface area (Å²) in [5.74, 6) is 0. The normalized spacial score (nSPS) is 22.4. The third-order valence-corrected chi connectivity index (χ3v) is 3.25. The van der Waals surface area contributed by atoms with E-state index < -0.39 is 24.7 Å². The van der Waals surface area contributed by atoms with Crippen molar-refractivity contribution in [2.45, 2.75) is 18.2 Å². The molecular weight excluding hydrogens is 320 g/mol. The van der Waals surface area contributed by atoms with Crippen LogP contribution in [0.5, 0.6) is 0 Å². The maximum Gasteiger partial charge on any atom is 0.435 e. The summed E-state index contributed by atoms with van der Waals surface area (Å²) in [4.78, 5) is 14.8. The fraction of sp³-hybridized carbons (Fsp3) is 0.364. The second-order valence-corrected chi connectivity index (χ2v) is 5.07. The molecule has 9 heteroatoms. The van der Waals surface area contributed by atoms with E-state index in [1.54, 1.807) is 0 Å². The predicted molar refractivity (Wildman–Crippen MR) is 68.0 cm³/mol. The largest absolute Gasteiger partial charge is 0.435 e. The number of nitroso groups, excluding NO2 is 1. The van der Waals surface area contributed by atoms with Crippen LogP contribution in [-0.2, 0) is 10.4 Å². The van der Waals surface area contributed by atoms with Gasteiger partial charge in [0.25, 0.3) is 5.60 Å². The van der Waals surface area contributed by atoms with Crippen LogP contribution in [0.15, 0.2) is 28.5 Å². The first-order chi connectivity index (χ1) is 9.28. The molecule has 0 bridgehead atoms. The maximum atomic E-state index is 13.4. The Morgan fingerprint density at radius 2 is 1.90 bits per heavy atom. The van der Waals surface area contributed by atoms with Crippen molar-refractivity contribution in [2.75, 3.05) is 6.54 Å². The summed E-state index contributed by atoms with van der Waals surface area (Å²) in [7, 11) is 0. The van der Waals surface area contributed by atoms with Gasteiger partial charge in [0.15, 0.2) is 0 Å². The quantitative estimate of drug-likeness (QED) is 0.778.